The highest BCUT2D eigenvalue weighted by Crippen LogP contribution is 2.06. The van der Waals surface area contributed by atoms with E-state index in [1.54, 1.807) is 19.2 Å². The van der Waals surface area contributed by atoms with Crippen molar-refractivity contribution in [1.29, 1.82) is 0 Å². The molecule has 0 heterocycles. The molecule has 1 aromatic rings. The van der Waals surface area contributed by atoms with E-state index in [4.69, 9.17) is 0 Å². The Kier molecular flexibility index (Phi) is 4.69. The van der Waals surface area contributed by atoms with Crippen LogP contribution in [0.25, 0.3) is 0 Å². The van der Waals surface area contributed by atoms with E-state index in [0.717, 1.165) is 5.56 Å². The van der Waals surface area contributed by atoms with Crippen molar-refractivity contribution < 1.29 is 14.3 Å². The fourth-order valence-corrected chi connectivity index (χ4v) is 1.38. The first-order valence-electron chi connectivity index (χ1n) is 5.43. The first-order valence-corrected chi connectivity index (χ1v) is 5.43. The second kappa shape index (κ2) is 6.03. The van der Waals surface area contributed by atoms with E-state index < -0.39 is 0 Å². The van der Waals surface area contributed by atoms with Gasteiger partial charge in [-0.15, -0.1) is 0 Å². The largest absolute Gasteiger partial charge is 0.469 e. The zero-order chi connectivity index (χ0) is 12.8. The summed E-state index contributed by atoms with van der Waals surface area (Å²) in [7, 11) is 3.01. The molecule has 92 valence electrons. The van der Waals surface area contributed by atoms with Crippen LogP contribution in [-0.2, 0) is 9.53 Å². The molecule has 0 aromatic heterocycles. The van der Waals surface area contributed by atoms with Gasteiger partial charge < -0.3 is 9.64 Å². The second-order valence-corrected chi connectivity index (χ2v) is 3.92. The Balaban J connectivity index is 2.57. The number of hydrogen-bond donors (Lipinski definition) is 0. The van der Waals surface area contributed by atoms with Crippen LogP contribution in [0.15, 0.2) is 24.3 Å². The van der Waals surface area contributed by atoms with E-state index in [1.165, 1.54) is 12.0 Å². The molecule has 0 atom stereocenters. The number of carbonyl (C=O) groups excluding carboxylic acids is 2. The molecule has 0 aliphatic heterocycles. The summed E-state index contributed by atoms with van der Waals surface area (Å²) >= 11 is 0. The number of hydrogen-bond acceptors (Lipinski definition) is 3. The highest BCUT2D eigenvalue weighted by molar-refractivity contribution is 5.94. The number of methoxy groups -OCH3 is 1. The van der Waals surface area contributed by atoms with E-state index in [0.29, 0.717) is 12.1 Å². The van der Waals surface area contributed by atoms with E-state index in [1.807, 2.05) is 19.1 Å². The fraction of sp³-hybridized carbons (Fsp3) is 0.385. The average molecular weight is 235 g/mol. The molecule has 0 fully saturated rings. The van der Waals surface area contributed by atoms with E-state index in [9.17, 15) is 9.59 Å². The molecule has 0 unspecified atom stereocenters. The number of carbonyl (C=O) groups is 2. The van der Waals surface area contributed by atoms with E-state index in [-0.39, 0.29) is 18.3 Å². The van der Waals surface area contributed by atoms with Crippen molar-refractivity contribution in [2.45, 2.75) is 13.3 Å². The summed E-state index contributed by atoms with van der Waals surface area (Å²) in [6, 6.07) is 7.35. The standard InChI is InChI=1S/C13H17NO3/c1-10-4-6-11(7-5-10)13(16)14(2)9-8-12(15)17-3/h4-7H,8-9H2,1-3H3. The molecule has 0 saturated heterocycles. The van der Waals surface area contributed by atoms with Crippen molar-refractivity contribution in [3.05, 3.63) is 35.4 Å². The maximum absolute atomic E-state index is 11.9. The number of aryl methyl sites for hydroxylation is 1. The maximum Gasteiger partial charge on any atom is 0.307 e. The normalized spacial score (nSPS) is 9.82. The van der Waals surface area contributed by atoms with Crippen LogP contribution >= 0.6 is 0 Å². The number of ether oxygens (including phenoxy) is 1. The van der Waals surface area contributed by atoms with Gasteiger partial charge in [-0.25, -0.2) is 0 Å². The lowest BCUT2D eigenvalue weighted by Gasteiger charge is -2.16. The summed E-state index contributed by atoms with van der Waals surface area (Å²) in [4.78, 5) is 24.4. The van der Waals surface area contributed by atoms with Gasteiger partial charge in [0.1, 0.15) is 0 Å². The number of nitrogens with zero attached hydrogens (tertiary/aromatic N) is 1. The Morgan fingerprint density at radius 1 is 1.24 bits per heavy atom. The summed E-state index contributed by atoms with van der Waals surface area (Å²) in [5, 5.41) is 0. The Hall–Kier alpha value is -1.84. The number of esters is 1. The maximum atomic E-state index is 11.9. The molecular formula is C13H17NO3. The first-order chi connectivity index (χ1) is 8.04. The minimum absolute atomic E-state index is 0.0890. The molecule has 0 saturated carbocycles. The summed E-state index contributed by atoms with van der Waals surface area (Å²) in [6.45, 7) is 2.33. The van der Waals surface area contributed by atoms with Gasteiger partial charge in [-0.3, -0.25) is 9.59 Å². The molecule has 4 nitrogen and oxygen atoms in total. The molecule has 0 spiro atoms. The predicted octanol–water partition coefficient (Wildman–Crippen LogP) is 1.63. The van der Waals surface area contributed by atoms with E-state index >= 15 is 0 Å². The smallest absolute Gasteiger partial charge is 0.307 e. The zero-order valence-corrected chi connectivity index (χ0v) is 10.4. The molecule has 1 amide bonds. The Bertz CT molecular complexity index is 398. The molecule has 0 bridgehead atoms. The molecule has 0 aliphatic rings. The van der Waals surface area contributed by atoms with Crippen LogP contribution in [-0.4, -0.2) is 37.5 Å². The van der Waals surface area contributed by atoms with Crippen LogP contribution in [0.2, 0.25) is 0 Å². The molecular weight excluding hydrogens is 218 g/mol. The minimum atomic E-state index is -0.312. The Morgan fingerprint density at radius 3 is 2.35 bits per heavy atom. The highest BCUT2D eigenvalue weighted by Gasteiger charge is 2.12. The van der Waals surface area contributed by atoms with Crippen molar-refractivity contribution in [3.8, 4) is 0 Å². The van der Waals surface area contributed by atoms with Crippen LogP contribution in [0, 0.1) is 6.92 Å². The third-order valence-corrected chi connectivity index (χ3v) is 2.52. The summed E-state index contributed by atoms with van der Waals surface area (Å²) in [5.41, 5.74) is 1.74. The average Bonchev–Trinajstić information content (AvgIpc) is 2.35. The van der Waals surface area contributed by atoms with Crippen LogP contribution in [0.1, 0.15) is 22.3 Å². The van der Waals surface area contributed by atoms with Crippen molar-refractivity contribution in [2.24, 2.45) is 0 Å². The van der Waals surface area contributed by atoms with Crippen LogP contribution < -0.4 is 0 Å². The number of amides is 1. The molecule has 1 rings (SSSR count). The lowest BCUT2D eigenvalue weighted by atomic mass is 10.1. The van der Waals surface area contributed by atoms with E-state index in [2.05, 4.69) is 4.74 Å². The van der Waals surface area contributed by atoms with Gasteiger partial charge in [0, 0.05) is 19.2 Å². The molecule has 4 heteroatoms. The van der Waals surface area contributed by atoms with Gasteiger partial charge in [0.05, 0.1) is 13.5 Å². The van der Waals surface area contributed by atoms with Gasteiger partial charge in [-0.1, -0.05) is 17.7 Å². The first kappa shape index (κ1) is 13.2. The van der Waals surface area contributed by atoms with Crippen molar-refractivity contribution in [1.82, 2.24) is 4.90 Å². The van der Waals surface area contributed by atoms with Crippen molar-refractivity contribution in [2.75, 3.05) is 20.7 Å². The monoisotopic (exact) mass is 235 g/mol. The number of benzene rings is 1. The van der Waals surface area contributed by atoms with Crippen LogP contribution in [0.5, 0.6) is 0 Å². The van der Waals surface area contributed by atoms with Gasteiger partial charge in [0.25, 0.3) is 5.91 Å². The quantitative estimate of drug-likeness (QED) is 0.745. The van der Waals surface area contributed by atoms with Crippen LogP contribution in [0.3, 0.4) is 0 Å². The Labute approximate surface area is 101 Å². The topological polar surface area (TPSA) is 46.6 Å². The summed E-state index contributed by atoms with van der Waals surface area (Å²) < 4.78 is 4.52. The summed E-state index contributed by atoms with van der Waals surface area (Å²) in [5.74, 6) is -0.401. The van der Waals surface area contributed by atoms with Gasteiger partial charge in [-0.2, -0.15) is 0 Å². The third-order valence-electron chi connectivity index (χ3n) is 2.52. The molecule has 1 aromatic carbocycles. The highest BCUT2D eigenvalue weighted by atomic mass is 16.5. The second-order valence-electron chi connectivity index (χ2n) is 3.92. The number of rotatable bonds is 4. The lowest BCUT2D eigenvalue weighted by molar-refractivity contribution is -0.140. The molecule has 0 N–H and O–H groups in total. The molecule has 0 aliphatic carbocycles. The molecule has 17 heavy (non-hydrogen) atoms. The summed E-state index contributed by atoms with van der Waals surface area (Å²) in [6.07, 6.45) is 0.213. The molecule has 0 radical (unpaired) electrons. The fourth-order valence-electron chi connectivity index (χ4n) is 1.38. The van der Waals surface area contributed by atoms with Gasteiger partial charge in [0.15, 0.2) is 0 Å². The minimum Gasteiger partial charge on any atom is -0.469 e. The third kappa shape index (κ3) is 3.90. The van der Waals surface area contributed by atoms with Crippen molar-refractivity contribution in [3.63, 3.8) is 0 Å². The SMILES string of the molecule is COC(=O)CCN(C)C(=O)c1ccc(C)cc1. The van der Waals surface area contributed by atoms with Gasteiger partial charge in [-0.05, 0) is 19.1 Å². The lowest BCUT2D eigenvalue weighted by Crippen LogP contribution is -2.29. The predicted molar refractivity (Wildman–Crippen MR) is 64.8 cm³/mol. The zero-order valence-electron chi connectivity index (χ0n) is 10.4. The van der Waals surface area contributed by atoms with Crippen LogP contribution in [0.4, 0.5) is 0 Å². The van der Waals surface area contributed by atoms with Gasteiger partial charge in [0.2, 0.25) is 0 Å². The van der Waals surface area contributed by atoms with Gasteiger partial charge >= 0.3 is 5.97 Å². The van der Waals surface area contributed by atoms with Crippen molar-refractivity contribution >= 4 is 11.9 Å². The Morgan fingerprint density at radius 2 is 1.82 bits per heavy atom.